The zero-order valence-corrected chi connectivity index (χ0v) is 21.1. The van der Waals surface area contributed by atoms with Gasteiger partial charge in [-0.15, -0.1) is 0 Å². The second-order valence-electron chi connectivity index (χ2n) is 9.04. The maximum Gasteiger partial charge on any atom is 0.305 e. The summed E-state index contributed by atoms with van der Waals surface area (Å²) < 4.78 is 0. The van der Waals surface area contributed by atoms with E-state index in [9.17, 15) is 34.2 Å². The lowest BCUT2D eigenvalue weighted by molar-refractivity contribution is -0.138. The van der Waals surface area contributed by atoms with Gasteiger partial charge in [-0.1, -0.05) is 30.3 Å². The molecule has 0 spiro atoms. The predicted molar refractivity (Wildman–Crippen MR) is 142 cm³/mol. The molecule has 1 aromatic heterocycles. The highest BCUT2D eigenvalue weighted by Gasteiger charge is 2.37. The average Bonchev–Trinajstić information content (AvgIpc) is 3.06. The fourth-order valence-electron chi connectivity index (χ4n) is 4.51. The summed E-state index contributed by atoms with van der Waals surface area (Å²) in [7, 11) is 0. The predicted octanol–water partition coefficient (Wildman–Crippen LogP) is -0.344. The molecule has 13 heteroatoms. The number of aliphatic hydroxyl groups is 2. The van der Waals surface area contributed by atoms with E-state index in [1.165, 1.54) is 23.2 Å². The number of anilines is 2. The average molecular weight is 550 g/mol. The molecule has 3 atom stereocenters. The van der Waals surface area contributed by atoms with Crippen molar-refractivity contribution in [2.24, 2.45) is 0 Å². The molecular weight excluding hydrogens is 522 g/mol. The summed E-state index contributed by atoms with van der Waals surface area (Å²) in [5.74, 6) is -3.42. The first-order valence-corrected chi connectivity index (χ1v) is 12.3. The standard InChI is InChI=1S/C27H27N5O8/c33-14-16(11-25(37)38)29-23(35)13-32-22-8-4-3-7-21(22)31(24(36)15-34)12-20(27(32)40)30-26(39)18-9-10-28-19-6-2-1-5-17(18)19/h1-10,14,16,20,24,34,36H,11-13,15H2,(H,29,35)(H,30,39)(H,37,38)/t16-,20-,24?/m0/s1. The first-order chi connectivity index (χ1) is 19.2. The number of hydrogen-bond donors (Lipinski definition) is 5. The van der Waals surface area contributed by atoms with E-state index in [1.54, 1.807) is 42.5 Å². The van der Waals surface area contributed by atoms with Crippen molar-refractivity contribution in [3.63, 3.8) is 0 Å². The Morgan fingerprint density at radius 1 is 1.07 bits per heavy atom. The summed E-state index contributed by atoms with van der Waals surface area (Å²) in [6, 6.07) is 12.2. The summed E-state index contributed by atoms with van der Waals surface area (Å²) in [5.41, 5.74) is 1.31. The molecule has 0 aliphatic carbocycles. The highest BCUT2D eigenvalue weighted by molar-refractivity contribution is 6.10. The molecule has 5 N–H and O–H groups in total. The zero-order chi connectivity index (χ0) is 28.8. The molecule has 1 unspecified atom stereocenters. The molecule has 2 aromatic carbocycles. The molecule has 0 fully saturated rings. The van der Waals surface area contributed by atoms with Crippen molar-refractivity contribution in [2.45, 2.75) is 24.7 Å². The Kier molecular flexibility index (Phi) is 8.67. The van der Waals surface area contributed by atoms with Crippen LogP contribution in [0.5, 0.6) is 0 Å². The molecule has 0 bridgehead atoms. The van der Waals surface area contributed by atoms with Crippen molar-refractivity contribution in [3.05, 3.63) is 66.4 Å². The number of aliphatic hydroxyl groups excluding tert-OH is 2. The molecule has 0 saturated heterocycles. The number of aldehydes is 1. The molecule has 1 aliphatic heterocycles. The van der Waals surface area contributed by atoms with E-state index in [4.69, 9.17) is 5.11 Å². The van der Waals surface area contributed by atoms with Gasteiger partial charge in [-0.25, -0.2) is 0 Å². The zero-order valence-electron chi connectivity index (χ0n) is 21.1. The van der Waals surface area contributed by atoms with E-state index in [1.807, 2.05) is 0 Å². The second-order valence-corrected chi connectivity index (χ2v) is 9.04. The summed E-state index contributed by atoms with van der Waals surface area (Å²) in [6.07, 6.45) is -0.347. The Bertz CT molecular complexity index is 1440. The van der Waals surface area contributed by atoms with Gasteiger partial charge in [0.15, 0.2) is 0 Å². The quantitative estimate of drug-likeness (QED) is 0.209. The first-order valence-electron chi connectivity index (χ1n) is 12.3. The number of carbonyl (C=O) groups is 5. The number of benzene rings is 2. The smallest absolute Gasteiger partial charge is 0.305 e. The minimum absolute atomic E-state index is 0.196. The minimum atomic E-state index is -1.45. The molecule has 40 heavy (non-hydrogen) atoms. The lowest BCUT2D eigenvalue weighted by atomic mass is 10.1. The summed E-state index contributed by atoms with van der Waals surface area (Å²) in [4.78, 5) is 69.0. The molecule has 2 heterocycles. The molecule has 208 valence electrons. The molecule has 4 rings (SSSR count). The molecule has 0 saturated carbocycles. The van der Waals surface area contributed by atoms with Gasteiger partial charge in [-0.3, -0.25) is 29.1 Å². The molecule has 3 amide bonds. The van der Waals surface area contributed by atoms with Gasteiger partial charge in [-0.2, -0.15) is 0 Å². The van der Waals surface area contributed by atoms with Crippen LogP contribution in [-0.2, 0) is 19.2 Å². The van der Waals surface area contributed by atoms with Crippen LogP contribution in [0.25, 0.3) is 10.9 Å². The topological polar surface area (TPSA) is 189 Å². The van der Waals surface area contributed by atoms with E-state index in [2.05, 4.69) is 15.6 Å². The fraction of sp³-hybridized carbons (Fsp3) is 0.259. The Morgan fingerprint density at radius 2 is 1.77 bits per heavy atom. The van der Waals surface area contributed by atoms with E-state index in [0.717, 1.165) is 4.90 Å². The SMILES string of the molecule is O=C[C@H](CC(=O)O)NC(=O)CN1C(=O)[C@@H](NC(=O)c2ccnc3ccccc23)CN(C(O)CO)c2ccccc21. The normalized spacial score (nSPS) is 16.4. The number of amides is 3. The lowest BCUT2D eigenvalue weighted by Crippen LogP contribution is -2.55. The molecule has 13 nitrogen and oxygen atoms in total. The number of carboxylic acid groups (broad SMARTS) is 1. The van der Waals surface area contributed by atoms with E-state index in [-0.39, 0.29) is 24.1 Å². The maximum atomic E-state index is 13.8. The lowest BCUT2D eigenvalue weighted by Gasteiger charge is -2.30. The maximum absolute atomic E-state index is 13.8. The number of carbonyl (C=O) groups excluding carboxylic acids is 4. The van der Waals surface area contributed by atoms with Crippen LogP contribution in [-0.4, -0.2) is 88.3 Å². The summed E-state index contributed by atoms with van der Waals surface area (Å²) in [5, 5.41) is 34.8. The number of fused-ring (bicyclic) bond motifs is 2. The van der Waals surface area contributed by atoms with Gasteiger partial charge >= 0.3 is 5.97 Å². The van der Waals surface area contributed by atoms with Crippen molar-refractivity contribution in [2.75, 3.05) is 29.5 Å². The highest BCUT2D eigenvalue weighted by Crippen LogP contribution is 2.33. The largest absolute Gasteiger partial charge is 0.481 e. The Hall–Kier alpha value is -4.88. The molecular formula is C27H27N5O8. The van der Waals surface area contributed by atoms with Crippen LogP contribution in [0.15, 0.2) is 60.8 Å². The molecule has 3 aromatic rings. The number of nitrogens with one attached hydrogen (secondary N) is 2. The number of pyridine rings is 1. The summed E-state index contributed by atoms with van der Waals surface area (Å²) >= 11 is 0. The number of rotatable bonds is 10. The minimum Gasteiger partial charge on any atom is -0.481 e. The van der Waals surface area contributed by atoms with Gasteiger partial charge in [-0.05, 0) is 24.3 Å². The Labute approximate surface area is 228 Å². The third-order valence-electron chi connectivity index (χ3n) is 6.35. The van der Waals surface area contributed by atoms with Crippen LogP contribution in [0.4, 0.5) is 11.4 Å². The number of aromatic nitrogens is 1. The second kappa shape index (κ2) is 12.3. The molecule has 1 aliphatic rings. The third kappa shape index (κ3) is 6.06. The van der Waals surface area contributed by atoms with Crippen LogP contribution >= 0.6 is 0 Å². The number of nitrogens with zero attached hydrogens (tertiary/aromatic N) is 3. The van der Waals surface area contributed by atoms with Crippen LogP contribution in [0.3, 0.4) is 0 Å². The van der Waals surface area contributed by atoms with Crippen molar-refractivity contribution in [3.8, 4) is 0 Å². The Morgan fingerprint density at radius 3 is 2.48 bits per heavy atom. The van der Waals surface area contributed by atoms with Crippen LogP contribution in [0.2, 0.25) is 0 Å². The van der Waals surface area contributed by atoms with E-state index < -0.39 is 61.6 Å². The van der Waals surface area contributed by atoms with Crippen LogP contribution in [0.1, 0.15) is 16.8 Å². The van der Waals surface area contributed by atoms with Gasteiger partial charge < -0.3 is 35.6 Å². The Balaban J connectivity index is 1.69. The first kappa shape index (κ1) is 28.1. The van der Waals surface area contributed by atoms with E-state index >= 15 is 0 Å². The van der Waals surface area contributed by atoms with E-state index in [0.29, 0.717) is 16.6 Å². The highest BCUT2D eigenvalue weighted by atomic mass is 16.4. The van der Waals surface area contributed by atoms with Gasteiger partial charge in [0.1, 0.15) is 25.1 Å². The third-order valence-corrected chi connectivity index (χ3v) is 6.35. The number of carboxylic acids is 1. The number of para-hydroxylation sites is 3. The number of aliphatic carboxylic acids is 1. The fourth-order valence-corrected chi connectivity index (χ4v) is 4.51. The van der Waals surface area contributed by atoms with Gasteiger partial charge in [0.2, 0.25) is 5.91 Å². The summed E-state index contributed by atoms with van der Waals surface area (Å²) in [6.45, 7) is -1.55. The molecule has 0 radical (unpaired) electrons. The van der Waals surface area contributed by atoms with Gasteiger partial charge in [0.05, 0.1) is 41.5 Å². The van der Waals surface area contributed by atoms with Crippen molar-refractivity contribution in [1.82, 2.24) is 15.6 Å². The van der Waals surface area contributed by atoms with Gasteiger partial charge in [0, 0.05) is 18.1 Å². The van der Waals surface area contributed by atoms with Crippen molar-refractivity contribution in [1.29, 1.82) is 0 Å². The number of hydrogen-bond acceptors (Lipinski definition) is 9. The van der Waals surface area contributed by atoms with Crippen molar-refractivity contribution >= 4 is 52.3 Å². The van der Waals surface area contributed by atoms with Crippen LogP contribution in [0, 0.1) is 0 Å². The monoisotopic (exact) mass is 549 g/mol. The van der Waals surface area contributed by atoms with Crippen molar-refractivity contribution < 1.29 is 39.3 Å². The van der Waals surface area contributed by atoms with Crippen LogP contribution < -0.4 is 20.4 Å². The van der Waals surface area contributed by atoms with Gasteiger partial charge in [0.25, 0.3) is 11.8 Å².